The van der Waals surface area contributed by atoms with E-state index < -0.39 is 12.1 Å². The molecule has 2 aliphatic rings. The van der Waals surface area contributed by atoms with Gasteiger partial charge in [0.2, 0.25) is 18.2 Å². The lowest BCUT2D eigenvalue weighted by molar-refractivity contribution is -0.135. The first-order valence-corrected chi connectivity index (χ1v) is 21.6. The third-order valence-electron chi connectivity index (χ3n) is 10.7. The number of likely N-dealkylation sites (tertiary alicyclic amines) is 2. The summed E-state index contributed by atoms with van der Waals surface area (Å²) in [5, 5.41) is 11.5. The predicted molar refractivity (Wildman–Crippen MR) is 246 cm³/mol. The van der Waals surface area contributed by atoms with Crippen molar-refractivity contribution in [2.75, 3.05) is 51.0 Å². The van der Waals surface area contributed by atoms with E-state index in [2.05, 4.69) is 74.8 Å². The highest BCUT2D eigenvalue weighted by atomic mass is 35.5. The van der Waals surface area contributed by atoms with E-state index in [4.69, 9.17) is 11.6 Å². The van der Waals surface area contributed by atoms with Gasteiger partial charge in [0.15, 0.2) is 0 Å². The number of ether oxygens (including phenoxy) is 2. The maximum absolute atomic E-state index is 13.1. The van der Waals surface area contributed by atoms with Gasteiger partial charge in [0.1, 0.15) is 12.6 Å². The Morgan fingerprint density at radius 2 is 1.35 bits per heavy atom. The van der Waals surface area contributed by atoms with Crippen molar-refractivity contribution in [3.63, 3.8) is 0 Å². The first-order chi connectivity index (χ1) is 29.8. The number of rotatable bonds is 13. The first kappa shape index (κ1) is 48.8. The summed E-state index contributed by atoms with van der Waals surface area (Å²) in [7, 11) is 2.63. The topological polar surface area (TPSA) is 163 Å². The number of aromatic nitrogens is 1. The predicted octanol–water partition coefficient (Wildman–Crippen LogP) is 8.59. The second-order valence-electron chi connectivity index (χ2n) is 15.6. The SMILES string of the molecule is CCC.COC(=O)NC(CN1CCC[C@H]1C)C(C)C.COC(=O)NCC(=O)N1CCC[C@H]1C(=O)Nc1ccc(-c2ccc(-c3ccc(NC=O)cc3)n2-c2ccc(Cl)cc2)cc1. The fourth-order valence-corrected chi connectivity index (χ4v) is 7.45. The highest BCUT2D eigenvalue weighted by Gasteiger charge is 2.34. The van der Waals surface area contributed by atoms with E-state index in [-0.39, 0.29) is 30.5 Å². The van der Waals surface area contributed by atoms with Gasteiger partial charge in [0, 0.05) is 47.3 Å². The van der Waals surface area contributed by atoms with Gasteiger partial charge in [-0.3, -0.25) is 19.3 Å². The Balaban J connectivity index is 0.000000371. The van der Waals surface area contributed by atoms with Crippen molar-refractivity contribution in [3.05, 3.63) is 90.0 Å². The van der Waals surface area contributed by atoms with Crippen LogP contribution >= 0.6 is 11.6 Å². The Bertz CT molecular complexity index is 2060. The number of anilines is 2. The number of halogens is 1. The molecule has 62 heavy (non-hydrogen) atoms. The molecule has 1 aromatic heterocycles. The van der Waals surface area contributed by atoms with E-state index in [0.717, 1.165) is 41.3 Å². The quantitative estimate of drug-likeness (QED) is 0.0972. The highest BCUT2D eigenvalue weighted by Crippen LogP contribution is 2.34. The van der Waals surface area contributed by atoms with Crippen LogP contribution in [0.1, 0.15) is 66.7 Å². The number of nitrogens with one attached hydrogen (secondary N) is 4. The lowest BCUT2D eigenvalue weighted by Gasteiger charge is -2.29. The minimum absolute atomic E-state index is 0.174. The van der Waals surface area contributed by atoms with Gasteiger partial charge in [0.05, 0.1) is 25.6 Å². The van der Waals surface area contributed by atoms with Gasteiger partial charge in [0.25, 0.3) is 0 Å². The molecule has 2 aliphatic heterocycles. The lowest BCUT2D eigenvalue weighted by atomic mass is 10.0. The van der Waals surface area contributed by atoms with Crippen LogP contribution in [0.15, 0.2) is 84.9 Å². The average molecular weight is 873 g/mol. The molecule has 2 saturated heterocycles. The van der Waals surface area contributed by atoms with Crippen LogP contribution in [0.5, 0.6) is 0 Å². The van der Waals surface area contributed by atoms with E-state index in [1.165, 1.54) is 38.4 Å². The number of benzene rings is 3. The summed E-state index contributed by atoms with van der Waals surface area (Å²) in [5.74, 6) is -0.199. The van der Waals surface area contributed by atoms with Crippen molar-refractivity contribution >= 4 is 53.4 Å². The smallest absolute Gasteiger partial charge is 0.407 e. The van der Waals surface area contributed by atoms with Crippen LogP contribution in [0, 0.1) is 5.92 Å². The highest BCUT2D eigenvalue weighted by molar-refractivity contribution is 6.30. The summed E-state index contributed by atoms with van der Waals surface area (Å²) < 4.78 is 11.3. The van der Waals surface area contributed by atoms with Gasteiger partial charge in [-0.15, -0.1) is 0 Å². The minimum atomic E-state index is -0.701. The normalized spacial score (nSPS) is 16.2. The number of hydrogen-bond acceptors (Lipinski definition) is 8. The Morgan fingerprint density at radius 1 is 0.790 bits per heavy atom. The molecule has 5 amide bonds. The van der Waals surface area contributed by atoms with E-state index in [1.54, 1.807) is 0 Å². The summed E-state index contributed by atoms with van der Waals surface area (Å²) in [6.07, 6.45) is 4.63. The van der Waals surface area contributed by atoms with Crippen LogP contribution in [0.2, 0.25) is 5.02 Å². The molecule has 3 atom stereocenters. The van der Waals surface area contributed by atoms with Gasteiger partial charge in [-0.1, -0.05) is 70.0 Å². The molecule has 3 aromatic carbocycles. The zero-order valence-corrected chi connectivity index (χ0v) is 37.7. The molecule has 0 aliphatic carbocycles. The largest absolute Gasteiger partial charge is 0.453 e. The summed E-state index contributed by atoms with van der Waals surface area (Å²) in [6.45, 7) is 13.0. The van der Waals surface area contributed by atoms with Crippen LogP contribution < -0.4 is 21.3 Å². The number of methoxy groups -OCH3 is 2. The van der Waals surface area contributed by atoms with Crippen LogP contribution in [0.3, 0.4) is 0 Å². The van der Waals surface area contributed by atoms with Crippen molar-refractivity contribution < 1.29 is 33.4 Å². The molecule has 0 saturated carbocycles. The summed E-state index contributed by atoms with van der Waals surface area (Å²) in [5.41, 5.74) is 5.97. The van der Waals surface area contributed by atoms with Gasteiger partial charge in [-0.05, 0) is 117 Å². The van der Waals surface area contributed by atoms with Gasteiger partial charge in [-0.2, -0.15) is 0 Å². The Morgan fingerprint density at radius 3 is 1.87 bits per heavy atom. The van der Waals surface area contributed by atoms with E-state index in [1.807, 2.05) is 84.9 Å². The fourth-order valence-electron chi connectivity index (χ4n) is 7.32. The maximum atomic E-state index is 13.1. The zero-order chi connectivity index (χ0) is 45.2. The molecule has 0 radical (unpaired) electrons. The zero-order valence-electron chi connectivity index (χ0n) is 36.9. The molecule has 4 aromatic rings. The molecule has 0 spiro atoms. The van der Waals surface area contributed by atoms with E-state index in [9.17, 15) is 24.0 Å². The summed E-state index contributed by atoms with van der Waals surface area (Å²) in [4.78, 5) is 63.0. The summed E-state index contributed by atoms with van der Waals surface area (Å²) in [6, 6.07) is 26.9. The number of amides is 5. The van der Waals surface area contributed by atoms with E-state index >= 15 is 0 Å². The maximum Gasteiger partial charge on any atom is 0.407 e. The molecule has 6 rings (SSSR count). The van der Waals surface area contributed by atoms with Crippen molar-refractivity contribution in [2.24, 2.45) is 5.92 Å². The van der Waals surface area contributed by atoms with Crippen molar-refractivity contribution in [1.29, 1.82) is 0 Å². The molecule has 15 heteroatoms. The second-order valence-corrected chi connectivity index (χ2v) is 16.0. The number of carbonyl (C=O) groups excluding carboxylic acids is 5. The molecule has 14 nitrogen and oxygen atoms in total. The Hall–Kier alpha value is -5.86. The number of alkyl carbamates (subject to hydrolysis) is 2. The summed E-state index contributed by atoms with van der Waals surface area (Å²) >= 11 is 6.18. The molecule has 0 bridgehead atoms. The molecule has 334 valence electrons. The molecule has 3 heterocycles. The molecular weight excluding hydrogens is 810 g/mol. The molecule has 2 fully saturated rings. The monoisotopic (exact) mass is 871 g/mol. The van der Waals surface area contributed by atoms with Crippen LogP contribution in [-0.4, -0.2) is 103 Å². The van der Waals surface area contributed by atoms with Gasteiger partial charge in [-0.25, -0.2) is 9.59 Å². The van der Waals surface area contributed by atoms with Crippen LogP contribution in [0.4, 0.5) is 21.0 Å². The minimum Gasteiger partial charge on any atom is -0.453 e. The van der Waals surface area contributed by atoms with Crippen LogP contribution in [-0.2, 0) is 23.9 Å². The van der Waals surface area contributed by atoms with Crippen molar-refractivity contribution in [2.45, 2.75) is 84.8 Å². The van der Waals surface area contributed by atoms with Gasteiger partial charge < -0.3 is 40.2 Å². The molecular formula is C47H62ClN7O7. The fraction of sp³-hybridized carbons (Fsp3) is 0.426. The number of hydrogen-bond donors (Lipinski definition) is 4. The second kappa shape index (κ2) is 24.5. The van der Waals surface area contributed by atoms with E-state index in [0.29, 0.717) is 54.2 Å². The average Bonchev–Trinajstić information content (AvgIpc) is 4.04. The molecule has 1 unspecified atom stereocenters. The Kier molecular flexibility index (Phi) is 19.3. The van der Waals surface area contributed by atoms with Gasteiger partial charge >= 0.3 is 12.2 Å². The molecule has 4 N–H and O–H groups in total. The first-order valence-electron chi connectivity index (χ1n) is 21.2. The third-order valence-corrected chi connectivity index (χ3v) is 10.9. The van der Waals surface area contributed by atoms with Crippen LogP contribution in [0.25, 0.3) is 28.2 Å². The standard InChI is InChI=1S/C32H30ClN5O5.C12H24N2O2.C3H8/c1-43-32(42)34-19-30(40)37-18-2-3-29(37)31(41)36-25-12-6-22(7-13-25)28-17-16-27(21-4-10-24(11-5-21)35-20-39)38(28)26-14-8-23(33)9-15-26;1-9(2)11(13-12(15)16-4)8-14-7-5-6-10(14)3;1-3-2/h4-17,20,29H,2-3,18-19H2,1H3,(H,34,42)(H,35,39)(H,36,41);9-11H,5-8H2,1-4H3,(H,13,15);3H2,1-2H3/t29-;10-,11?;/m01./s1. The number of carbonyl (C=O) groups is 5. The third kappa shape index (κ3) is 13.8. The van der Waals surface area contributed by atoms with Crippen molar-refractivity contribution in [1.82, 2.24) is 25.0 Å². The lowest BCUT2D eigenvalue weighted by Crippen LogP contribution is -2.47. The van der Waals surface area contributed by atoms with Crippen molar-refractivity contribution in [3.8, 4) is 28.2 Å². The number of nitrogens with zero attached hydrogens (tertiary/aromatic N) is 3. The Labute approximate surface area is 370 Å².